The van der Waals surface area contributed by atoms with Crippen molar-refractivity contribution < 1.29 is 14.7 Å². The number of carbonyl (C=O) groups excluding carboxylic acids is 1. The molecule has 0 bridgehead atoms. The van der Waals surface area contributed by atoms with Gasteiger partial charge in [0.05, 0.1) is 12.5 Å². The number of carboxylic acids is 1. The lowest BCUT2D eigenvalue weighted by atomic mass is 10.2. The molecule has 1 aromatic heterocycles. The van der Waals surface area contributed by atoms with E-state index in [1.165, 1.54) is 11.3 Å². The van der Waals surface area contributed by atoms with Crippen LogP contribution in [0.5, 0.6) is 0 Å². The van der Waals surface area contributed by atoms with E-state index in [-0.39, 0.29) is 0 Å². The van der Waals surface area contributed by atoms with Crippen molar-refractivity contribution in [3.63, 3.8) is 0 Å². The molecule has 0 radical (unpaired) electrons. The Morgan fingerprint density at radius 2 is 2.25 bits per heavy atom. The molecule has 0 aromatic carbocycles. The second kappa shape index (κ2) is 5.52. The number of carbonyl (C=O) groups is 2. The van der Waals surface area contributed by atoms with Gasteiger partial charge in [-0.15, -0.1) is 10.2 Å². The van der Waals surface area contributed by atoms with Gasteiger partial charge in [-0.25, -0.2) is 0 Å². The van der Waals surface area contributed by atoms with E-state index in [0.29, 0.717) is 5.13 Å². The largest absolute Gasteiger partial charge is 0.481 e. The zero-order chi connectivity index (χ0) is 12.1. The number of hydrogen-bond donors (Lipinski definition) is 3. The highest BCUT2D eigenvalue weighted by atomic mass is 32.1. The van der Waals surface area contributed by atoms with Gasteiger partial charge in [0, 0.05) is 0 Å². The Hall–Kier alpha value is -1.54. The maximum atomic E-state index is 11.4. The Morgan fingerprint density at radius 1 is 1.56 bits per heavy atom. The van der Waals surface area contributed by atoms with E-state index >= 15 is 0 Å². The van der Waals surface area contributed by atoms with Gasteiger partial charge in [0.1, 0.15) is 5.01 Å². The van der Waals surface area contributed by atoms with Gasteiger partial charge < -0.3 is 10.8 Å². The summed E-state index contributed by atoms with van der Waals surface area (Å²) in [5, 5.41) is 19.5. The molecule has 0 saturated heterocycles. The maximum absolute atomic E-state index is 11.4. The average molecular weight is 244 g/mol. The molecule has 1 amide bonds. The van der Waals surface area contributed by atoms with Crippen molar-refractivity contribution in [2.45, 2.75) is 25.8 Å². The fraction of sp³-hybridized carbons (Fsp3) is 0.500. The lowest BCUT2D eigenvalue weighted by Crippen LogP contribution is -2.37. The minimum atomic E-state index is -1.12. The van der Waals surface area contributed by atoms with Crippen molar-refractivity contribution in [1.29, 1.82) is 0 Å². The van der Waals surface area contributed by atoms with Gasteiger partial charge in [0.2, 0.25) is 11.0 Å². The number of nitrogens with two attached hydrogens (primary N) is 1. The lowest BCUT2D eigenvalue weighted by Gasteiger charge is -2.06. The maximum Gasteiger partial charge on any atom is 0.305 e. The molecular formula is C8H12N4O3S. The van der Waals surface area contributed by atoms with E-state index < -0.39 is 24.3 Å². The van der Waals surface area contributed by atoms with E-state index in [1.54, 1.807) is 0 Å². The summed E-state index contributed by atoms with van der Waals surface area (Å²) >= 11 is 1.24. The van der Waals surface area contributed by atoms with Crippen LogP contribution in [0.4, 0.5) is 5.13 Å². The molecule has 8 heteroatoms. The lowest BCUT2D eigenvalue weighted by molar-refractivity contribution is -0.138. The fourth-order valence-corrected chi connectivity index (χ4v) is 1.61. The molecule has 0 aliphatic carbocycles. The van der Waals surface area contributed by atoms with Crippen molar-refractivity contribution in [2.24, 2.45) is 5.73 Å². The number of carboxylic acid groups (broad SMARTS) is 1. The Bertz CT molecular complexity index is 392. The van der Waals surface area contributed by atoms with Crippen LogP contribution in [0.15, 0.2) is 0 Å². The predicted octanol–water partition coefficient (Wildman–Crippen LogP) is -0.159. The van der Waals surface area contributed by atoms with Crippen molar-refractivity contribution in [3.8, 4) is 0 Å². The molecule has 1 rings (SSSR count). The number of anilines is 1. The van der Waals surface area contributed by atoms with Crippen molar-refractivity contribution in [3.05, 3.63) is 5.01 Å². The van der Waals surface area contributed by atoms with Gasteiger partial charge in [-0.3, -0.25) is 14.9 Å². The van der Waals surface area contributed by atoms with Gasteiger partial charge in [-0.2, -0.15) is 0 Å². The van der Waals surface area contributed by atoms with Crippen LogP contribution < -0.4 is 11.1 Å². The Kier molecular flexibility index (Phi) is 4.32. The zero-order valence-corrected chi connectivity index (χ0v) is 9.45. The third kappa shape index (κ3) is 3.55. The summed E-state index contributed by atoms with van der Waals surface area (Å²) in [6, 6.07) is -1.08. The molecule has 0 fully saturated rings. The predicted molar refractivity (Wildman–Crippen MR) is 58.1 cm³/mol. The van der Waals surface area contributed by atoms with Gasteiger partial charge in [0.25, 0.3) is 0 Å². The third-order valence-corrected chi connectivity index (χ3v) is 2.71. The van der Waals surface area contributed by atoms with Crippen LogP contribution in [0.3, 0.4) is 0 Å². The van der Waals surface area contributed by atoms with E-state index in [9.17, 15) is 9.59 Å². The molecule has 1 atom stereocenters. The number of nitrogens with one attached hydrogen (secondary N) is 1. The second-order valence-corrected chi connectivity index (χ2v) is 4.11. The van der Waals surface area contributed by atoms with Crippen molar-refractivity contribution >= 4 is 28.3 Å². The number of amides is 1. The molecule has 0 aliphatic rings. The van der Waals surface area contributed by atoms with Crippen molar-refractivity contribution in [2.75, 3.05) is 5.32 Å². The van der Waals surface area contributed by atoms with Crippen LogP contribution in [0.25, 0.3) is 0 Å². The zero-order valence-electron chi connectivity index (χ0n) is 8.64. The smallest absolute Gasteiger partial charge is 0.305 e. The highest BCUT2D eigenvalue weighted by Crippen LogP contribution is 2.15. The quantitative estimate of drug-likeness (QED) is 0.662. The Morgan fingerprint density at radius 3 is 2.75 bits per heavy atom. The molecular weight excluding hydrogens is 232 g/mol. The SMILES string of the molecule is CCc1nnc(NC(=O)C(N)CC(=O)O)s1. The monoisotopic (exact) mass is 244 g/mol. The first-order chi connectivity index (χ1) is 7.52. The number of aromatic nitrogens is 2. The number of aryl methyl sites for hydroxylation is 1. The molecule has 0 spiro atoms. The average Bonchev–Trinajstić information content (AvgIpc) is 2.64. The number of nitrogens with zero attached hydrogens (tertiary/aromatic N) is 2. The highest BCUT2D eigenvalue weighted by Gasteiger charge is 2.18. The van der Waals surface area contributed by atoms with Crippen LogP contribution in [-0.4, -0.2) is 33.2 Å². The minimum absolute atomic E-state index is 0.336. The van der Waals surface area contributed by atoms with E-state index in [1.807, 2.05) is 6.92 Å². The van der Waals surface area contributed by atoms with E-state index in [4.69, 9.17) is 10.8 Å². The molecule has 1 aromatic rings. The van der Waals surface area contributed by atoms with Crippen LogP contribution >= 0.6 is 11.3 Å². The standard InChI is InChI=1S/C8H12N4O3S/c1-2-5-11-12-8(16-5)10-7(15)4(9)3-6(13)14/h4H,2-3,9H2,1H3,(H,13,14)(H,10,12,15). The van der Waals surface area contributed by atoms with Gasteiger partial charge in [0.15, 0.2) is 0 Å². The summed E-state index contributed by atoms with van der Waals surface area (Å²) in [7, 11) is 0. The molecule has 0 saturated carbocycles. The Labute approximate surface area is 95.7 Å². The van der Waals surface area contributed by atoms with Crippen molar-refractivity contribution in [1.82, 2.24) is 10.2 Å². The second-order valence-electron chi connectivity index (χ2n) is 3.05. The molecule has 88 valence electrons. The highest BCUT2D eigenvalue weighted by molar-refractivity contribution is 7.15. The Balaban J connectivity index is 2.53. The van der Waals surface area contributed by atoms with E-state index in [2.05, 4.69) is 15.5 Å². The minimum Gasteiger partial charge on any atom is -0.481 e. The first-order valence-corrected chi connectivity index (χ1v) is 5.45. The molecule has 4 N–H and O–H groups in total. The van der Waals surface area contributed by atoms with Gasteiger partial charge in [-0.1, -0.05) is 18.3 Å². The summed E-state index contributed by atoms with van der Waals surface area (Å²) in [6.45, 7) is 1.92. The number of aliphatic carboxylic acids is 1. The number of hydrogen-bond acceptors (Lipinski definition) is 6. The van der Waals surface area contributed by atoms with Crippen LogP contribution in [0.1, 0.15) is 18.4 Å². The first kappa shape index (κ1) is 12.5. The molecule has 0 aliphatic heterocycles. The third-order valence-electron chi connectivity index (χ3n) is 1.73. The molecule has 1 unspecified atom stereocenters. The fourth-order valence-electron chi connectivity index (χ4n) is 0.926. The summed E-state index contributed by atoms with van der Waals surface area (Å²) in [4.78, 5) is 21.7. The summed E-state index contributed by atoms with van der Waals surface area (Å²) in [5.74, 6) is -1.68. The number of rotatable bonds is 5. The summed E-state index contributed by atoms with van der Waals surface area (Å²) in [6.07, 6.45) is 0.319. The molecule has 1 heterocycles. The van der Waals surface area contributed by atoms with E-state index in [0.717, 1.165) is 11.4 Å². The summed E-state index contributed by atoms with van der Waals surface area (Å²) < 4.78 is 0. The molecule has 16 heavy (non-hydrogen) atoms. The van der Waals surface area contributed by atoms with Crippen LogP contribution in [-0.2, 0) is 16.0 Å². The normalized spacial score (nSPS) is 12.1. The van der Waals surface area contributed by atoms with Crippen LogP contribution in [0.2, 0.25) is 0 Å². The van der Waals surface area contributed by atoms with Crippen LogP contribution in [0, 0.1) is 0 Å². The van der Waals surface area contributed by atoms with Gasteiger partial charge >= 0.3 is 5.97 Å². The van der Waals surface area contributed by atoms with Gasteiger partial charge in [-0.05, 0) is 6.42 Å². The first-order valence-electron chi connectivity index (χ1n) is 4.63. The molecule has 7 nitrogen and oxygen atoms in total. The topological polar surface area (TPSA) is 118 Å². The summed E-state index contributed by atoms with van der Waals surface area (Å²) in [5.41, 5.74) is 5.37.